The van der Waals surface area contributed by atoms with Crippen LogP contribution < -0.4 is 0 Å². The van der Waals surface area contributed by atoms with Gasteiger partial charge in [0.05, 0.1) is 24.2 Å². The summed E-state index contributed by atoms with van der Waals surface area (Å²) in [6.45, 7) is 5.86. The van der Waals surface area contributed by atoms with Gasteiger partial charge in [-0.05, 0) is 56.3 Å². The molecule has 0 radical (unpaired) electrons. The number of furan rings is 1. The zero-order valence-corrected chi connectivity index (χ0v) is 21.7. The number of sulfonamides is 1. The third-order valence-corrected chi connectivity index (χ3v) is 8.31. The summed E-state index contributed by atoms with van der Waals surface area (Å²) in [7, 11) is -3.98. The van der Waals surface area contributed by atoms with E-state index in [9.17, 15) is 13.2 Å². The highest BCUT2D eigenvalue weighted by molar-refractivity contribution is 7.89. The molecule has 0 fully saturated rings. The molecular formula is C29H32N2O4S. The fourth-order valence-electron chi connectivity index (χ4n) is 4.24. The van der Waals surface area contributed by atoms with Gasteiger partial charge in [-0.3, -0.25) is 4.79 Å². The SMILES string of the molecule is CC(C)(C)N(CC(=O)N(CCc1ccccc1)Cc1ccco1)S(=O)(=O)c1cccc2ccccc12. The molecule has 4 rings (SSSR count). The topological polar surface area (TPSA) is 70.8 Å². The lowest BCUT2D eigenvalue weighted by Crippen LogP contribution is -2.51. The minimum absolute atomic E-state index is 0.199. The average molecular weight is 505 g/mol. The molecule has 0 aliphatic heterocycles. The van der Waals surface area contributed by atoms with E-state index in [1.54, 1.807) is 35.4 Å². The maximum Gasteiger partial charge on any atom is 0.244 e. The largest absolute Gasteiger partial charge is 0.467 e. The maximum atomic E-state index is 14.0. The van der Waals surface area contributed by atoms with Crippen LogP contribution in [0.1, 0.15) is 32.1 Å². The van der Waals surface area contributed by atoms with Gasteiger partial charge in [0.1, 0.15) is 5.76 Å². The number of carbonyl (C=O) groups excluding carboxylic acids is 1. The van der Waals surface area contributed by atoms with Gasteiger partial charge in [-0.1, -0.05) is 66.7 Å². The number of hydrogen-bond donors (Lipinski definition) is 0. The first-order valence-electron chi connectivity index (χ1n) is 12.0. The summed E-state index contributed by atoms with van der Waals surface area (Å²) in [6, 6.07) is 26.1. The monoisotopic (exact) mass is 504 g/mol. The molecule has 188 valence electrons. The van der Waals surface area contributed by atoms with Crippen LogP contribution in [0.3, 0.4) is 0 Å². The molecule has 3 aromatic carbocycles. The summed E-state index contributed by atoms with van der Waals surface area (Å²) >= 11 is 0. The number of amides is 1. The second kappa shape index (κ2) is 10.7. The van der Waals surface area contributed by atoms with Gasteiger partial charge in [0.15, 0.2) is 0 Å². The van der Waals surface area contributed by atoms with Crippen LogP contribution in [0.15, 0.2) is 101 Å². The molecule has 0 N–H and O–H groups in total. The highest BCUT2D eigenvalue weighted by atomic mass is 32.2. The van der Waals surface area contributed by atoms with Gasteiger partial charge < -0.3 is 9.32 Å². The summed E-state index contributed by atoms with van der Waals surface area (Å²) in [4.78, 5) is 15.5. The highest BCUT2D eigenvalue weighted by Crippen LogP contribution is 2.30. The molecule has 0 spiro atoms. The Bertz CT molecular complexity index is 1400. The van der Waals surface area contributed by atoms with E-state index in [1.807, 2.05) is 81.4 Å². The summed E-state index contributed by atoms with van der Waals surface area (Å²) in [5.41, 5.74) is 0.284. The van der Waals surface area contributed by atoms with Crippen LogP contribution in [-0.2, 0) is 27.8 Å². The molecule has 0 atom stereocenters. The molecule has 0 bridgehead atoms. The van der Waals surface area contributed by atoms with E-state index in [0.29, 0.717) is 24.1 Å². The van der Waals surface area contributed by atoms with E-state index < -0.39 is 15.6 Å². The van der Waals surface area contributed by atoms with Crippen LogP contribution in [0.2, 0.25) is 0 Å². The third-order valence-electron chi connectivity index (χ3n) is 6.14. The zero-order chi connectivity index (χ0) is 25.8. The van der Waals surface area contributed by atoms with Crippen LogP contribution >= 0.6 is 0 Å². The van der Waals surface area contributed by atoms with Gasteiger partial charge in [0, 0.05) is 17.5 Å². The lowest BCUT2D eigenvalue weighted by atomic mass is 10.1. The van der Waals surface area contributed by atoms with Crippen molar-refractivity contribution in [3.05, 3.63) is 103 Å². The molecular weight excluding hydrogens is 472 g/mol. The Morgan fingerprint density at radius 1 is 0.861 bits per heavy atom. The van der Waals surface area contributed by atoms with Gasteiger partial charge in [-0.15, -0.1) is 0 Å². The quantitative estimate of drug-likeness (QED) is 0.302. The molecule has 4 aromatic rings. The molecule has 0 unspecified atom stereocenters. The van der Waals surface area contributed by atoms with Crippen molar-refractivity contribution in [2.24, 2.45) is 0 Å². The predicted molar refractivity (Wildman–Crippen MR) is 142 cm³/mol. The van der Waals surface area contributed by atoms with Crippen LogP contribution in [0.5, 0.6) is 0 Å². The van der Waals surface area contributed by atoms with Crippen molar-refractivity contribution in [1.82, 2.24) is 9.21 Å². The maximum absolute atomic E-state index is 14.0. The summed E-state index contributed by atoms with van der Waals surface area (Å²) in [5, 5.41) is 1.47. The van der Waals surface area contributed by atoms with E-state index in [0.717, 1.165) is 10.9 Å². The fourth-order valence-corrected chi connectivity index (χ4v) is 6.19. The third kappa shape index (κ3) is 5.86. The lowest BCUT2D eigenvalue weighted by molar-refractivity contribution is -0.133. The van der Waals surface area contributed by atoms with E-state index in [4.69, 9.17) is 4.42 Å². The molecule has 1 heterocycles. The first kappa shape index (κ1) is 25.7. The number of carbonyl (C=O) groups is 1. The van der Waals surface area contributed by atoms with Crippen molar-refractivity contribution in [1.29, 1.82) is 0 Å². The van der Waals surface area contributed by atoms with E-state index in [-0.39, 0.29) is 23.9 Å². The van der Waals surface area contributed by atoms with E-state index in [1.165, 1.54) is 4.31 Å². The van der Waals surface area contributed by atoms with Crippen LogP contribution in [-0.4, -0.2) is 42.2 Å². The molecule has 1 amide bonds. The van der Waals surface area contributed by atoms with Gasteiger partial charge in [0.2, 0.25) is 15.9 Å². The molecule has 0 saturated carbocycles. The minimum Gasteiger partial charge on any atom is -0.467 e. The van der Waals surface area contributed by atoms with Gasteiger partial charge in [-0.2, -0.15) is 4.31 Å². The van der Waals surface area contributed by atoms with Gasteiger partial charge >= 0.3 is 0 Å². The second-order valence-electron chi connectivity index (χ2n) is 9.79. The van der Waals surface area contributed by atoms with E-state index in [2.05, 4.69) is 0 Å². The number of nitrogens with zero attached hydrogens (tertiary/aromatic N) is 2. The minimum atomic E-state index is -3.98. The molecule has 0 aliphatic rings. The number of rotatable bonds is 9. The summed E-state index contributed by atoms with van der Waals surface area (Å²) < 4.78 is 34.8. The normalized spacial score (nSPS) is 12.2. The van der Waals surface area contributed by atoms with Gasteiger partial charge in [-0.25, -0.2) is 8.42 Å². The standard InChI is InChI=1S/C29H32N2O4S/c1-29(2,3)31(36(33,34)27-17-9-14-24-13-7-8-16-26(24)27)22-28(32)30(21-25-15-10-20-35-25)19-18-23-11-5-4-6-12-23/h4-17,20H,18-19,21-22H2,1-3H3. The second-order valence-corrected chi connectivity index (χ2v) is 11.6. The number of hydrogen-bond acceptors (Lipinski definition) is 4. The average Bonchev–Trinajstić information content (AvgIpc) is 3.37. The number of fused-ring (bicyclic) bond motifs is 1. The predicted octanol–water partition coefficient (Wildman–Crippen LogP) is 5.49. The Morgan fingerprint density at radius 2 is 1.56 bits per heavy atom. The Balaban J connectivity index is 1.64. The van der Waals surface area contributed by atoms with Crippen LogP contribution in [0.25, 0.3) is 10.8 Å². The number of benzene rings is 3. The molecule has 6 nitrogen and oxygen atoms in total. The molecule has 7 heteroatoms. The van der Waals surface area contributed by atoms with Crippen molar-refractivity contribution >= 4 is 26.7 Å². The summed E-state index contributed by atoms with van der Waals surface area (Å²) in [5.74, 6) is 0.372. The van der Waals surface area contributed by atoms with Crippen molar-refractivity contribution in [2.45, 2.75) is 44.2 Å². The first-order valence-corrected chi connectivity index (χ1v) is 13.4. The Labute approximate surface area is 213 Å². The van der Waals surface area contributed by atoms with Crippen molar-refractivity contribution < 1.29 is 17.6 Å². The lowest BCUT2D eigenvalue weighted by Gasteiger charge is -2.35. The Hall–Kier alpha value is -3.42. The van der Waals surface area contributed by atoms with Crippen molar-refractivity contribution in [2.75, 3.05) is 13.1 Å². The fraction of sp³-hybridized carbons (Fsp3) is 0.276. The van der Waals surface area contributed by atoms with Gasteiger partial charge in [0.25, 0.3) is 0 Å². The Kier molecular flexibility index (Phi) is 7.62. The molecule has 0 saturated heterocycles. The van der Waals surface area contributed by atoms with Crippen molar-refractivity contribution in [3.8, 4) is 0 Å². The molecule has 36 heavy (non-hydrogen) atoms. The molecule has 1 aromatic heterocycles. The summed E-state index contributed by atoms with van der Waals surface area (Å²) in [6.07, 6.45) is 2.22. The van der Waals surface area contributed by atoms with Crippen LogP contribution in [0.4, 0.5) is 0 Å². The highest BCUT2D eigenvalue weighted by Gasteiger charge is 2.37. The van der Waals surface area contributed by atoms with E-state index >= 15 is 0 Å². The smallest absolute Gasteiger partial charge is 0.244 e. The molecule has 0 aliphatic carbocycles. The van der Waals surface area contributed by atoms with Crippen LogP contribution in [0, 0.1) is 0 Å². The first-order chi connectivity index (χ1) is 17.2. The zero-order valence-electron chi connectivity index (χ0n) is 20.9. The Morgan fingerprint density at radius 3 is 2.25 bits per heavy atom. The van der Waals surface area contributed by atoms with Crippen molar-refractivity contribution in [3.63, 3.8) is 0 Å².